The quantitative estimate of drug-likeness (QED) is 0.356. The van der Waals surface area contributed by atoms with Crippen molar-refractivity contribution >= 4 is 21.7 Å². The Morgan fingerprint density at radius 1 is 1.00 bits per heavy atom. The summed E-state index contributed by atoms with van der Waals surface area (Å²) in [5.74, 6) is -1.36. The van der Waals surface area contributed by atoms with Gasteiger partial charge in [-0.25, -0.2) is 24.1 Å². The molecule has 3 aromatic heterocycles. The number of aryl methyl sites for hydroxylation is 3. The molecule has 0 atom stereocenters. The number of carbonyl (C=O) groups excluding carboxylic acids is 1. The van der Waals surface area contributed by atoms with Crippen molar-refractivity contribution < 1.29 is 27.1 Å². The SMILES string of the molecule is COc1ncc(F)cc1-c1ccc(C(=O)NS(=O)(=O)c2cccc(N)n2)c(Oc2c(C)cc(C)cc2C)n1. The van der Waals surface area contributed by atoms with Gasteiger partial charge in [-0.15, -0.1) is 0 Å². The monoisotopic (exact) mass is 537 g/mol. The maximum Gasteiger partial charge on any atom is 0.281 e. The molecule has 0 bridgehead atoms. The molecule has 0 aliphatic heterocycles. The molecule has 196 valence electrons. The van der Waals surface area contributed by atoms with Gasteiger partial charge in [-0.1, -0.05) is 23.8 Å². The molecule has 0 unspecified atom stereocenters. The van der Waals surface area contributed by atoms with Crippen molar-refractivity contribution in [2.24, 2.45) is 0 Å². The van der Waals surface area contributed by atoms with Gasteiger partial charge in [-0.3, -0.25) is 4.79 Å². The zero-order valence-corrected chi connectivity index (χ0v) is 21.8. The first kappa shape index (κ1) is 26.5. The number of amides is 1. The molecule has 4 rings (SSSR count). The lowest BCUT2D eigenvalue weighted by Crippen LogP contribution is -2.31. The smallest absolute Gasteiger partial charge is 0.281 e. The van der Waals surface area contributed by atoms with Crippen LogP contribution < -0.4 is 19.9 Å². The van der Waals surface area contributed by atoms with Crippen LogP contribution in [0.5, 0.6) is 17.5 Å². The maximum absolute atomic E-state index is 14.0. The largest absolute Gasteiger partial charge is 0.481 e. The van der Waals surface area contributed by atoms with Crippen molar-refractivity contribution in [3.8, 4) is 28.8 Å². The van der Waals surface area contributed by atoms with E-state index in [1.54, 1.807) is 0 Å². The minimum atomic E-state index is -4.37. The van der Waals surface area contributed by atoms with Gasteiger partial charge in [0.05, 0.1) is 24.6 Å². The zero-order valence-electron chi connectivity index (χ0n) is 20.9. The number of carbonyl (C=O) groups is 1. The molecule has 0 aliphatic rings. The maximum atomic E-state index is 14.0. The first-order chi connectivity index (χ1) is 18.0. The Morgan fingerprint density at radius 2 is 1.71 bits per heavy atom. The van der Waals surface area contributed by atoms with E-state index in [2.05, 4.69) is 15.0 Å². The average Bonchev–Trinajstić information content (AvgIpc) is 2.85. The molecule has 10 nitrogen and oxygen atoms in total. The fourth-order valence-electron chi connectivity index (χ4n) is 3.85. The van der Waals surface area contributed by atoms with Gasteiger partial charge in [0.25, 0.3) is 15.9 Å². The van der Waals surface area contributed by atoms with Gasteiger partial charge in [0.2, 0.25) is 11.8 Å². The van der Waals surface area contributed by atoms with Crippen molar-refractivity contribution in [3.05, 3.63) is 82.8 Å². The van der Waals surface area contributed by atoms with Gasteiger partial charge in [-0.05, 0) is 62.2 Å². The van der Waals surface area contributed by atoms with Crippen LogP contribution in [0.25, 0.3) is 11.3 Å². The van der Waals surface area contributed by atoms with E-state index in [0.717, 1.165) is 22.9 Å². The van der Waals surface area contributed by atoms with Crippen LogP contribution in [0, 0.1) is 26.6 Å². The number of sulfonamides is 1. The lowest BCUT2D eigenvalue weighted by atomic mass is 10.1. The first-order valence-corrected chi connectivity index (χ1v) is 12.7. The Morgan fingerprint density at radius 3 is 2.37 bits per heavy atom. The third kappa shape index (κ3) is 5.54. The van der Waals surface area contributed by atoms with Crippen LogP contribution >= 0.6 is 0 Å². The Bertz CT molecular complexity index is 1640. The van der Waals surface area contributed by atoms with Gasteiger partial charge in [0.15, 0.2) is 5.03 Å². The second-order valence-corrected chi connectivity index (χ2v) is 10.1. The summed E-state index contributed by atoms with van der Waals surface area (Å²) in [6.45, 7) is 5.59. The zero-order chi connectivity index (χ0) is 27.6. The summed E-state index contributed by atoms with van der Waals surface area (Å²) in [6.07, 6.45) is 0.996. The van der Waals surface area contributed by atoms with Crippen LogP contribution in [0.4, 0.5) is 10.2 Å². The number of rotatable bonds is 7. The Hall–Kier alpha value is -4.58. The lowest BCUT2D eigenvalue weighted by Gasteiger charge is -2.16. The average molecular weight is 538 g/mol. The first-order valence-electron chi connectivity index (χ1n) is 11.2. The summed E-state index contributed by atoms with van der Waals surface area (Å²) >= 11 is 0. The lowest BCUT2D eigenvalue weighted by molar-refractivity contribution is 0.0978. The van der Waals surface area contributed by atoms with Gasteiger partial charge < -0.3 is 15.2 Å². The molecule has 38 heavy (non-hydrogen) atoms. The second-order valence-electron chi connectivity index (χ2n) is 8.42. The van der Waals surface area contributed by atoms with Crippen LogP contribution in [0.2, 0.25) is 0 Å². The topological polar surface area (TPSA) is 146 Å². The molecule has 0 saturated heterocycles. The van der Waals surface area contributed by atoms with Crippen molar-refractivity contribution in [2.75, 3.05) is 12.8 Å². The molecular weight excluding hydrogens is 513 g/mol. The highest BCUT2D eigenvalue weighted by Crippen LogP contribution is 2.34. The van der Waals surface area contributed by atoms with E-state index in [0.29, 0.717) is 5.75 Å². The molecule has 1 aromatic carbocycles. The van der Waals surface area contributed by atoms with E-state index in [1.165, 1.54) is 43.5 Å². The predicted molar refractivity (Wildman–Crippen MR) is 138 cm³/mol. The van der Waals surface area contributed by atoms with Crippen molar-refractivity contribution in [1.29, 1.82) is 0 Å². The number of methoxy groups -OCH3 is 1. The number of hydrogen-bond acceptors (Lipinski definition) is 9. The molecule has 1 amide bonds. The van der Waals surface area contributed by atoms with E-state index in [-0.39, 0.29) is 34.4 Å². The van der Waals surface area contributed by atoms with Crippen molar-refractivity contribution in [3.63, 3.8) is 0 Å². The Balaban J connectivity index is 1.82. The molecule has 0 fully saturated rings. The molecule has 3 heterocycles. The predicted octanol–water partition coefficient (Wildman–Crippen LogP) is 4.10. The van der Waals surface area contributed by atoms with E-state index in [4.69, 9.17) is 15.2 Å². The Kier molecular flexibility index (Phi) is 7.26. The van der Waals surface area contributed by atoms with Gasteiger partial charge >= 0.3 is 0 Å². The standard InChI is InChI=1S/C26H24FN5O5S/c1-14-10-15(2)23(16(3)11-14)37-26-18(24(33)32-38(34,35)22-7-5-6-21(28)31-22)8-9-20(30-26)19-12-17(27)13-29-25(19)36-4/h5-13H,1-4H3,(H2,28,31)(H,32,33). The molecule has 4 aromatic rings. The number of aromatic nitrogens is 3. The summed E-state index contributed by atoms with van der Waals surface area (Å²) in [7, 11) is -3.00. The van der Waals surface area contributed by atoms with Crippen molar-refractivity contribution in [1.82, 2.24) is 19.7 Å². The molecule has 0 saturated carbocycles. The van der Waals surface area contributed by atoms with E-state index in [9.17, 15) is 17.6 Å². The molecule has 12 heteroatoms. The van der Waals surface area contributed by atoms with Crippen LogP contribution in [0.1, 0.15) is 27.0 Å². The highest BCUT2D eigenvalue weighted by Gasteiger charge is 2.25. The van der Waals surface area contributed by atoms with Gasteiger partial charge in [0, 0.05) is 0 Å². The number of nitrogens with zero attached hydrogens (tertiary/aromatic N) is 3. The number of halogens is 1. The minimum Gasteiger partial charge on any atom is -0.481 e. The fourth-order valence-corrected chi connectivity index (χ4v) is 4.79. The van der Waals surface area contributed by atoms with E-state index in [1.807, 2.05) is 37.6 Å². The Labute approximate surface area is 218 Å². The second kappa shape index (κ2) is 10.4. The summed E-state index contributed by atoms with van der Waals surface area (Å²) in [4.78, 5) is 25.3. The third-order valence-corrected chi connectivity index (χ3v) is 6.67. The molecule has 0 spiro atoms. The molecular formula is C26H24FN5O5S. The van der Waals surface area contributed by atoms with E-state index >= 15 is 0 Å². The number of pyridine rings is 3. The fraction of sp³-hybridized carbons (Fsp3) is 0.154. The number of benzene rings is 1. The van der Waals surface area contributed by atoms with Crippen LogP contribution in [-0.2, 0) is 10.0 Å². The highest BCUT2D eigenvalue weighted by atomic mass is 32.2. The summed E-state index contributed by atoms with van der Waals surface area (Å²) < 4.78 is 52.9. The number of nitrogens with one attached hydrogen (secondary N) is 1. The summed E-state index contributed by atoms with van der Waals surface area (Å²) in [6, 6.07) is 11.7. The van der Waals surface area contributed by atoms with Crippen LogP contribution in [-0.4, -0.2) is 36.4 Å². The third-order valence-electron chi connectivity index (χ3n) is 5.44. The number of ether oxygens (including phenoxy) is 2. The summed E-state index contributed by atoms with van der Waals surface area (Å²) in [5, 5.41) is -0.432. The number of anilines is 1. The van der Waals surface area contributed by atoms with Gasteiger partial charge in [0.1, 0.15) is 22.9 Å². The highest BCUT2D eigenvalue weighted by molar-refractivity contribution is 7.90. The number of nitrogen functional groups attached to an aromatic ring is 1. The summed E-state index contributed by atoms with van der Waals surface area (Å²) in [5.41, 5.74) is 8.33. The minimum absolute atomic E-state index is 0.0293. The number of hydrogen-bond donors (Lipinski definition) is 2. The molecule has 0 radical (unpaired) electrons. The molecule has 0 aliphatic carbocycles. The van der Waals surface area contributed by atoms with Crippen LogP contribution in [0.15, 0.2) is 59.8 Å². The normalized spacial score (nSPS) is 11.2. The van der Waals surface area contributed by atoms with Crippen molar-refractivity contribution in [2.45, 2.75) is 25.8 Å². The molecule has 3 N–H and O–H groups in total. The van der Waals surface area contributed by atoms with Crippen LogP contribution in [0.3, 0.4) is 0 Å². The number of nitrogens with two attached hydrogens (primary N) is 1. The van der Waals surface area contributed by atoms with Gasteiger partial charge in [-0.2, -0.15) is 8.42 Å². The van der Waals surface area contributed by atoms with E-state index < -0.39 is 26.8 Å².